The van der Waals surface area contributed by atoms with Crippen molar-refractivity contribution in [3.8, 4) is 11.5 Å². The lowest BCUT2D eigenvalue weighted by molar-refractivity contribution is -0.119. The molecule has 0 spiro atoms. The van der Waals surface area contributed by atoms with E-state index in [1.54, 1.807) is 27.2 Å². The Morgan fingerprint density at radius 2 is 1.84 bits per heavy atom. The minimum Gasteiger partial charge on any atom is -0.493 e. The van der Waals surface area contributed by atoms with Crippen LogP contribution in [0.1, 0.15) is 12.5 Å². The fraction of sp³-hybridized carbons (Fsp3) is 0.462. The van der Waals surface area contributed by atoms with E-state index in [1.807, 2.05) is 13.0 Å². The highest BCUT2D eigenvalue weighted by Gasteiger charge is 2.14. The summed E-state index contributed by atoms with van der Waals surface area (Å²) in [4.78, 5) is 11.8. The molecule has 6 heteroatoms. The van der Waals surface area contributed by atoms with Crippen LogP contribution in [0.2, 0.25) is 0 Å². The number of ether oxygens (including phenoxy) is 2. The molecule has 1 atom stereocenters. The van der Waals surface area contributed by atoms with Crippen LogP contribution >= 0.6 is 12.4 Å². The van der Waals surface area contributed by atoms with Crippen LogP contribution in [0.3, 0.4) is 0 Å². The molecule has 0 aliphatic carbocycles. The Hall–Kier alpha value is -1.46. The maximum absolute atomic E-state index is 11.8. The Kier molecular flexibility index (Phi) is 7.26. The number of amides is 1. The van der Waals surface area contributed by atoms with Crippen LogP contribution < -0.4 is 20.5 Å². The number of aryl methyl sites for hydroxylation is 1. The van der Waals surface area contributed by atoms with Gasteiger partial charge in [0.1, 0.15) is 0 Å². The summed E-state index contributed by atoms with van der Waals surface area (Å²) in [7, 11) is 3.13. The molecule has 19 heavy (non-hydrogen) atoms. The van der Waals surface area contributed by atoms with E-state index in [-0.39, 0.29) is 24.2 Å². The molecular formula is C13H21ClN2O3. The smallest absolute Gasteiger partial charge is 0.228 e. The van der Waals surface area contributed by atoms with Gasteiger partial charge < -0.3 is 20.5 Å². The number of hydrogen-bond donors (Lipinski definition) is 2. The van der Waals surface area contributed by atoms with E-state index in [9.17, 15) is 4.79 Å². The number of nitrogens with one attached hydrogen (secondary N) is 1. The summed E-state index contributed by atoms with van der Waals surface area (Å²) in [5.41, 5.74) is 7.07. The zero-order valence-corrected chi connectivity index (χ0v) is 12.5. The third kappa shape index (κ3) is 4.29. The molecule has 1 aromatic carbocycles. The Morgan fingerprint density at radius 3 is 2.32 bits per heavy atom. The highest BCUT2D eigenvalue weighted by Crippen LogP contribution is 2.32. The van der Waals surface area contributed by atoms with Crippen molar-refractivity contribution in [3.63, 3.8) is 0 Å². The molecule has 0 saturated heterocycles. The van der Waals surface area contributed by atoms with Gasteiger partial charge in [0.05, 0.1) is 14.2 Å². The Bertz CT molecular complexity index is 438. The Balaban J connectivity index is 0.00000324. The molecule has 1 rings (SSSR count). The van der Waals surface area contributed by atoms with E-state index >= 15 is 0 Å². The normalized spacial score (nSPS) is 11.2. The fourth-order valence-electron chi connectivity index (χ4n) is 1.48. The van der Waals surface area contributed by atoms with Crippen LogP contribution in [-0.2, 0) is 4.79 Å². The molecule has 0 fully saturated rings. The monoisotopic (exact) mass is 288 g/mol. The van der Waals surface area contributed by atoms with Gasteiger partial charge in [-0.1, -0.05) is 6.92 Å². The van der Waals surface area contributed by atoms with Crippen LogP contribution in [-0.4, -0.2) is 26.7 Å². The van der Waals surface area contributed by atoms with Crippen molar-refractivity contribution in [2.75, 3.05) is 26.1 Å². The minimum atomic E-state index is -0.225. The van der Waals surface area contributed by atoms with Crippen LogP contribution in [0, 0.1) is 12.8 Å². The van der Waals surface area contributed by atoms with E-state index in [4.69, 9.17) is 15.2 Å². The van der Waals surface area contributed by atoms with Crippen molar-refractivity contribution in [1.29, 1.82) is 0 Å². The lowest BCUT2D eigenvalue weighted by atomic mass is 10.1. The van der Waals surface area contributed by atoms with Crippen LogP contribution in [0.5, 0.6) is 11.5 Å². The molecule has 0 saturated carbocycles. The highest BCUT2D eigenvalue weighted by molar-refractivity contribution is 5.93. The first-order valence-corrected chi connectivity index (χ1v) is 5.77. The molecule has 0 aliphatic rings. The number of carbonyl (C=O) groups is 1. The Morgan fingerprint density at radius 1 is 1.32 bits per heavy atom. The molecule has 0 aromatic heterocycles. The van der Waals surface area contributed by atoms with Crippen molar-refractivity contribution in [3.05, 3.63) is 17.7 Å². The van der Waals surface area contributed by atoms with Crippen molar-refractivity contribution >= 4 is 24.0 Å². The average Bonchev–Trinajstić information content (AvgIpc) is 2.39. The van der Waals surface area contributed by atoms with Gasteiger partial charge >= 0.3 is 0 Å². The second kappa shape index (κ2) is 7.86. The third-order valence-corrected chi connectivity index (χ3v) is 2.79. The maximum Gasteiger partial charge on any atom is 0.228 e. The number of halogens is 1. The van der Waals surface area contributed by atoms with E-state index in [1.165, 1.54) is 0 Å². The minimum absolute atomic E-state index is 0. The molecule has 1 aromatic rings. The largest absolute Gasteiger partial charge is 0.493 e. The summed E-state index contributed by atoms with van der Waals surface area (Å²) in [6.07, 6.45) is 0. The average molecular weight is 289 g/mol. The first-order chi connectivity index (χ1) is 8.53. The SMILES string of the molecule is COc1cc(C)c(NC(=O)C(C)CN)cc1OC.Cl. The number of rotatable bonds is 5. The molecule has 0 aliphatic heterocycles. The van der Waals surface area contributed by atoms with Gasteiger partial charge in [-0.2, -0.15) is 0 Å². The summed E-state index contributed by atoms with van der Waals surface area (Å²) in [6.45, 7) is 3.99. The summed E-state index contributed by atoms with van der Waals surface area (Å²) >= 11 is 0. The quantitative estimate of drug-likeness (QED) is 0.869. The summed E-state index contributed by atoms with van der Waals surface area (Å²) < 4.78 is 10.4. The van der Waals surface area contributed by atoms with Crippen LogP contribution in [0.4, 0.5) is 5.69 Å². The third-order valence-electron chi connectivity index (χ3n) is 2.79. The van der Waals surface area contributed by atoms with Gasteiger partial charge in [0, 0.05) is 24.2 Å². The topological polar surface area (TPSA) is 73.6 Å². The molecule has 0 bridgehead atoms. The molecule has 0 heterocycles. The second-order valence-corrected chi connectivity index (χ2v) is 4.15. The maximum atomic E-state index is 11.8. The van der Waals surface area contributed by atoms with Gasteiger partial charge in [0.2, 0.25) is 5.91 Å². The van der Waals surface area contributed by atoms with Crippen molar-refractivity contribution < 1.29 is 14.3 Å². The lowest BCUT2D eigenvalue weighted by Gasteiger charge is -2.15. The molecule has 5 nitrogen and oxygen atoms in total. The van der Waals surface area contributed by atoms with Crippen LogP contribution in [0.15, 0.2) is 12.1 Å². The summed E-state index contributed by atoms with van der Waals surface area (Å²) in [5, 5.41) is 2.83. The second-order valence-electron chi connectivity index (χ2n) is 4.15. The van der Waals surface area contributed by atoms with Crippen molar-refractivity contribution in [2.45, 2.75) is 13.8 Å². The number of carbonyl (C=O) groups excluding carboxylic acids is 1. The highest BCUT2D eigenvalue weighted by atomic mass is 35.5. The molecule has 108 valence electrons. The van der Waals surface area contributed by atoms with Gasteiger partial charge in [0.15, 0.2) is 11.5 Å². The zero-order chi connectivity index (χ0) is 13.7. The summed E-state index contributed by atoms with van der Waals surface area (Å²) in [5.74, 6) is 0.893. The van der Waals surface area contributed by atoms with Crippen molar-refractivity contribution in [1.82, 2.24) is 0 Å². The summed E-state index contributed by atoms with van der Waals surface area (Å²) in [6, 6.07) is 3.57. The van der Waals surface area contributed by atoms with Gasteiger partial charge in [-0.05, 0) is 18.6 Å². The van der Waals surface area contributed by atoms with E-state index in [2.05, 4.69) is 5.32 Å². The molecule has 1 amide bonds. The Labute approximate surface area is 119 Å². The van der Waals surface area contributed by atoms with Gasteiger partial charge in [-0.25, -0.2) is 0 Å². The number of hydrogen-bond acceptors (Lipinski definition) is 4. The van der Waals surface area contributed by atoms with E-state index in [0.29, 0.717) is 23.7 Å². The number of benzene rings is 1. The fourth-order valence-corrected chi connectivity index (χ4v) is 1.48. The standard InChI is InChI=1S/C13H20N2O3.ClH/c1-8-5-11(17-3)12(18-4)6-10(8)15-13(16)9(2)7-14;/h5-6,9H,7,14H2,1-4H3,(H,15,16);1H. The van der Waals surface area contributed by atoms with Gasteiger partial charge in [-0.3, -0.25) is 4.79 Å². The predicted molar refractivity (Wildman–Crippen MR) is 78.4 cm³/mol. The number of methoxy groups -OCH3 is 2. The van der Waals surface area contributed by atoms with E-state index < -0.39 is 0 Å². The molecule has 1 unspecified atom stereocenters. The zero-order valence-electron chi connectivity index (χ0n) is 11.6. The molecule has 0 radical (unpaired) electrons. The van der Waals surface area contributed by atoms with Crippen LogP contribution in [0.25, 0.3) is 0 Å². The number of nitrogens with two attached hydrogens (primary N) is 1. The van der Waals surface area contributed by atoms with E-state index in [0.717, 1.165) is 5.56 Å². The predicted octanol–water partition coefficient (Wildman–Crippen LogP) is 1.97. The molecular weight excluding hydrogens is 268 g/mol. The lowest BCUT2D eigenvalue weighted by Crippen LogP contribution is -2.27. The first kappa shape index (κ1) is 17.5. The molecule has 3 N–H and O–H groups in total. The van der Waals surface area contributed by atoms with Gasteiger partial charge in [0.25, 0.3) is 0 Å². The first-order valence-electron chi connectivity index (χ1n) is 5.77. The van der Waals surface area contributed by atoms with Crippen molar-refractivity contribution in [2.24, 2.45) is 11.7 Å². The van der Waals surface area contributed by atoms with Gasteiger partial charge in [-0.15, -0.1) is 12.4 Å². The number of anilines is 1.